The van der Waals surface area contributed by atoms with E-state index in [4.69, 9.17) is 10.7 Å². The van der Waals surface area contributed by atoms with Gasteiger partial charge in [0.1, 0.15) is 12.1 Å². The van der Waals surface area contributed by atoms with E-state index in [0.29, 0.717) is 11.5 Å². The molecule has 0 saturated carbocycles. The first-order valence-corrected chi connectivity index (χ1v) is 8.65. The van der Waals surface area contributed by atoms with Gasteiger partial charge in [0.15, 0.2) is 5.65 Å². The van der Waals surface area contributed by atoms with E-state index in [0.717, 1.165) is 32.2 Å². The summed E-state index contributed by atoms with van der Waals surface area (Å²) in [7, 11) is 0. The van der Waals surface area contributed by atoms with Crippen LogP contribution in [0.2, 0.25) is 0 Å². The van der Waals surface area contributed by atoms with Crippen LogP contribution >= 0.6 is 15.9 Å². The van der Waals surface area contributed by atoms with Gasteiger partial charge in [-0.25, -0.2) is 15.0 Å². The van der Waals surface area contributed by atoms with Gasteiger partial charge < -0.3 is 5.73 Å². The fourth-order valence-electron chi connectivity index (χ4n) is 2.79. The smallest absolute Gasteiger partial charge is 0.165 e. The normalized spacial score (nSPS) is 11.0. The molecule has 4 aromatic rings. The van der Waals surface area contributed by atoms with Crippen LogP contribution in [-0.4, -0.2) is 15.0 Å². The molecule has 0 bridgehead atoms. The molecule has 2 N–H and O–H groups in total. The number of halogens is 1. The summed E-state index contributed by atoms with van der Waals surface area (Å²) in [6.45, 7) is 2.07. The van der Waals surface area contributed by atoms with Crippen molar-refractivity contribution in [3.8, 4) is 22.4 Å². The molecule has 122 valence electrons. The van der Waals surface area contributed by atoms with E-state index < -0.39 is 0 Å². The van der Waals surface area contributed by atoms with E-state index in [1.54, 1.807) is 0 Å². The molecular weight excluding hydrogens is 376 g/mol. The maximum atomic E-state index is 6.04. The van der Waals surface area contributed by atoms with Crippen molar-refractivity contribution in [2.24, 2.45) is 0 Å². The summed E-state index contributed by atoms with van der Waals surface area (Å²) in [6.07, 6.45) is 1.45. The molecule has 0 unspecified atom stereocenters. The number of benzene rings is 2. The SMILES string of the molecule is Cc1ccc(-c2cc3c(N)ncnc3nc2-c2ccc(Br)cc2)cc1. The molecule has 0 radical (unpaired) electrons. The molecule has 0 saturated heterocycles. The van der Waals surface area contributed by atoms with Crippen LogP contribution in [0.3, 0.4) is 0 Å². The zero-order chi connectivity index (χ0) is 17.4. The molecular formula is C20H15BrN4. The van der Waals surface area contributed by atoms with Gasteiger partial charge in [-0.3, -0.25) is 0 Å². The Morgan fingerprint density at radius 1 is 0.880 bits per heavy atom. The molecule has 4 nitrogen and oxygen atoms in total. The molecule has 0 atom stereocenters. The van der Waals surface area contributed by atoms with Crippen molar-refractivity contribution >= 4 is 32.8 Å². The third-order valence-electron chi connectivity index (χ3n) is 4.14. The van der Waals surface area contributed by atoms with Crippen molar-refractivity contribution in [2.75, 3.05) is 5.73 Å². The molecule has 2 heterocycles. The number of pyridine rings is 1. The third kappa shape index (κ3) is 2.98. The zero-order valence-electron chi connectivity index (χ0n) is 13.6. The minimum atomic E-state index is 0.438. The van der Waals surface area contributed by atoms with E-state index in [2.05, 4.69) is 57.1 Å². The van der Waals surface area contributed by atoms with Gasteiger partial charge in [0.05, 0.1) is 11.1 Å². The van der Waals surface area contributed by atoms with Crippen molar-refractivity contribution in [1.29, 1.82) is 0 Å². The van der Waals surface area contributed by atoms with Crippen LogP contribution in [0.1, 0.15) is 5.56 Å². The quantitative estimate of drug-likeness (QED) is 0.522. The summed E-state index contributed by atoms with van der Waals surface area (Å²) in [6, 6.07) is 18.5. The fraction of sp³-hybridized carbons (Fsp3) is 0.0500. The second-order valence-electron chi connectivity index (χ2n) is 5.89. The first kappa shape index (κ1) is 15.7. The van der Waals surface area contributed by atoms with Crippen LogP contribution < -0.4 is 5.73 Å². The first-order chi connectivity index (χ1) is 12.1. The molecule has 5 heteroatoms. The van der Waals surface area contributed by atoms with Crippen LogP contribution in [0.25, 0.3) is 33.4 Å². The summed E-state index contributed by atoms with van der Waals surface area (Å²) in [5.41, 5.74) is 11.8. The van der Waals surface area contributed by atoms with Crippen LogP contribution in [0, 0.1) is 6.92 Å². The van der Waals surface area contributed by atoms with E-state index in [1.807, 2.05) is 30.3 Å². The van der Waals surface area contributed by atoms with Gasteiger partial charge in [0.25, 0.3) is 0 Å². The lowest BCUT2D eigenvalue weighted by molar-refractivity contribution is 1.19. The highest BCUT2D eigenvalue weighted by molar-refractivity contribution is 9.10. The summed E-state index contributed by atoms with van der Waals surface area (Å²) in [5.74, 6) is 0.438. The summed E-state index contributed by atoms with van der Waals surface area (Å²) in [4.78, 5) is 13.2. The molecule has 0 aliphatic heterocycles. The van der Waals surface area contributed by atoms with Crippen molar-refractivity contribution in [3.63, 3.8) is 0 Å². The number of nitrogen functional groups attached to an aromatic ring is 1. The monoisotopic (exact) mass is 390 g/mol. The number of fused-ring (bicyclic) bond motifs is 1. The zero-order valence-corrected chi connectivity index (χ0v) is 15.2. The molecule has 0 fully saturated rings. The lowest BCUT2D eigenvalue weighted by Crippen LogP contribution is -1.98. The lowest BCUT2D eigenvalue weighted by atomic mass is 9.97. The predicted octanol–water partition coefficient (Wildman–Crippen LogP) is 5.01. The molecule has 0 spiro atoms. The second kappa shape index (κ2) is 6.26. The lowest BCUT2D eigenvalue weighted by Gasteiger charge is -2.12. The van der Waals surface area contributed by atoms with Crippen molar-refractivity contribution in [3.05, 3.63) is 71.0 Å². The average molecular weight is 391 g/mol. The number of anilines is 1. The summed E-state index contributed by atoms with van der Waals surface area (Å²) >= 11 is 3.48. The maximum absolute atomic E-state index is 6.04. The number of aryl methyl sites for hydroxylation is 1. The second-order valence-corrected chi connectivity index (χ2v) is 6.80. The number of rotatable bonds is 2. The molecule has 0 aliphatic rings. The molecule has 0 aliphatic carbocycles. The number of aromatic nitrogens is 3. The topological polar surface area (TPSA) is 64.7 Å². The Bertz CT molecular complexity index is 1060. The summed E-state index contributed by atoms with van der Waals surface area (Å²) in [5, 5.41) is 0.763. The molecule has 2 aromatic heterocycles. The highest BCUT2D eigenvalue weighted by atomic mass is 79.9. The highest BCUT2D eigenvalue weighted by Crippen LogP contribution is 2.34. The van der Waals surface area contributed by atoms with Crippen molar-refractivity contribution in [2.45, 2.75) is 6.92 Å². The largest absolute Gasteiger partial charge is 0.383 e. The third-order valence-corrected chi connectivity index (χ3v) is 4.66. The van der Waals surface area contributed by atoms with E-state index in [9.17, 15) is 0 Å². The molecule has 0 amide bonds. The molecule has 4 rings (SSSR count). The number of nitrogens with two attached hydrogens (primary N) is 1. The van der Waals surface area contributed by atoms with E-state index in [-0.39, 0.29) is 0 Å². The minimum absolute atomic E-state index is 0.438. The number of nitrogens with zero attached hydrogens (tertiary/aromatic N) is 3. The van der Waals surface area contributed by atoms with Gasteiger partial charge in [0.2, 0.25) is 0 Å². The Kier molecular flexibility index (Phi) is 3.93. The van der Waals surface area contributed by atoms with Gasteiger partial charge >= 0.3 is 0 Å². The van der Waals surface area contributed by atoms with Gasteiger partial charge in [-0.05, 0) is 30.7 Å². The van der Waals surface area contributed by atoms with Gasteiger partial charge in [-0.1, -0.05) is 57.9 Å². The molecule has 2 aromatic carbocycles. The van der Waals surface area contributed by atoms with Crippen LogP contribution in [0.15, 0.2) is 65.4 Å². The van der Waals surface area contributed by atoms with E-state index >= 15 is 0 Å². The minimum Gasteiger partial charge on any atom is -0.383 e. The van der Waals surface area contributed by atoms with Crippen molar-refractivity contribution < 1.29 is 0 Å². The Hall–Kier alpha value is -2.79. The van der Waals surface area contributed by atoms with Crippen LogP contribution in [-0.2, 0) is 0 Å². The number of hydrogen-bond donors (Lipinski definition) is 1. The van der Waals surface area contributed by atoms with Gasteiger partial charge in [-0.2, -0.15) is 0 Å². The number of hydrogen-bond acceptors (Lipinski definition) is 4. The van der Waals surface area contributed by atoms with Crippen LogP contribution in [0.5, 0.6) is 0 Å². The molecule has 25 heavy (non-hydrogen) atoms. The average Bonchev–Trinajstić information content (AvgIpc) is 2.63. The Balaban J connectivity index is 2.03. The van der Waals surface area contributed by atoms with Gasteiger partial charge in [0, 0.05) is 15.6 Å². The Morgan fingerprint density at radius 2 is 1.56 bits per heavy atom. The Labute approximate surface area is 153 Å². The van der Waals surface area contributed by atoms with Gasteiger partial charge in [-0.15, -0.1) is 0 Å². The van der Waals surface area contributed by atoms with Crippen molar-refractivity contribution in [1.82, 2.24) is 15.0 Å². The highest BCUT2D eigenvalue weighted by Gasteiger charge is 2.13. The summed E-state index contributed by atoms with van der Waals surface area (Å²) < 4.78 is 1.03. The standard InChI is InChI=1S/C20H15BrN4/c1-12-2-4-13(5-3-12)16-10-17-19(22)23-11-24-20(17)25-18(16)14-6-8-15(21)9-7-14/h2-11H,1H3,(H2,22,23,24,25). The first-order valence-electron chi connectivity index (χ1n) is 7.86. The fourth-order valence-corrected chi connectivity index (χ4v) is 3.05. The predicted molar refractivity (Wildman–Crippen MR) is 105 cm³/mol. The van der Waals surface area contributed by atoms with Crippen LogP contribution in [0.4, 0.5) is 5.82 Å². The maximum Gasteiger partial charge on any atom is 0.165 e. The van der Waals surface area contributed by atoms with E-state index in [1.165, 1.54) is 11.9 Å². The Morgan fingerprint density at radius 3 is 2.28 bits per heavy atom.